The van der Waals surface area contributed by atoms with Crippen LogP contribution < -0.4 is 10.1 Å². The van der Waals surface area contributed by atoms with E-state index in [1.54, 1.807) is 31.3 Å². The van der Waals surface area contributed by atoms with Crippen LogP contribution in [0, 0.1) is 11.3 Å². The van der Waals surface area contributed by atoms with E-state index in [1.807, 2.05) is 6.07 Å². The zero-order chi connectivity index (χ0) is 15.2. The number of carbonyl (C=O) groups excluding carboxylic acids is 1. The first-order chi connectivity index (χ1) is 10.1. The van der Waals surface area contributed by atoms with Crippen LogP contribution in [-0.4, -0.2) is 22.3 Å². The Labute approximate surface area is 126 Å². The summed E-state index contributed by atoms with van der Waals surface area (Å²) in [5.41, 5.74) is 0.324. The van der Waals surface area contributed by atoms with Crippen LogP contribution >= 0.6 is 11.6 Å². The van der Waals surface area contributed by atoms with E-state index in [4.69, 9.17) is 21.6 Å². The summed E-state index contributed by atoms with van der Waals surface area (Å²) in [6, 6.07) is 8.86. The molecule has 2 rings (SSSR count). The van der Waals surface area contributed by atoms with Gasteiger partial charge in [-0.15, -0.1) is 0 Å². The van der Waals surface area contributed by atoms with Crippen molar-refractivity contribution >= 4 is 23.3 Å². The first-order valence-corrected chi connectivity index (χ1v) is 6.58. The summed E-state index contributed by atoms with van der Waals surface area (Å²) in [6.07, 6.45) is 1.57. The highest BCUT2D eigenvalue weighted by molar-refractivity contribution is 6.30. The molecule has 0 saturated heterocycles. The fourth-order valence-corrected chi connectivity index (χ4v) is 1.78. The van der Waals surface area contributed by atoms with Gasteiger partial charge >= 0.3 is 0 Å². The Bertz CT molecular complexity index is 673. The predicted octanol–water partition coefficient (Wildman–Crippen LogP) is 2.35. The highest BCUT2D eigenvalue weighted by atomic mass is 35.5. The molecule has 0 aliphatic rings. The van der Waals surface area contributed by atoms with Gasteiger partial charge in [-0.3, -0.25) is 9.48 Å². The molecule has 0 atom stereocenters. The molecule has 0 spiro atoms. The number of anilines is 1. The van der Waals surface area contributed by atoms with Crippen molar-refractivity contribution in [3.05, 3.63) is 41.0 Å². The molecule has 7 heteroatoms. The Kier molecular flexibility index (Phi) is 4.80. The number of hydrogen-bond acceptors (Lipinski definition) is 4. The van der Waals surface area contributed by atoms with Gasteiger partial charge in [-0.1, -0.05) is 11.6 Å². The second-order valence-electron chi connectivity index (χ2n) is 4.24. The minimum absolute atomic E-state index is 0.165. The summed E-state index contributed by atoms with van der Waals surface area (Å²) in [5, 5.41) is 16.1. The summed E-state index contributed by atoms with van der Waals surface area (Å²) >= 11 is 5.76. The number of amides is 1. The molecular formula is C14H13ClN4O2. The van der Waals surface area contributed by atoms with Crippen molar-refractivity contribution in [3.63, 3.8) is 0 Å². The lowest BCUT2D eigenvalue weighted by molar-refractivity contribution is -0.116. The first-order valence-electron chi connectivity index (χ1n) is 6.20. The number of aromatic nitrogens is 2. The maximum Gasteiger partial charge on any atom is 0.228 e. The number of nitrogens with one attached hydrogen (secondary N) is 1. The summed E-state index contributed by atoms with van der Waals surface area (Å²) in [5.74, 6) is 0.781. The molecule has 0 fully saturated rings. The van der Waals surface area contributed by atoms with Crippen LogP contribution in [0.4, 0.5) is 5.82 Å². The Hall–Kier alpha value is -2.52. The molecular weight excluding hydrogens is 292 g/mol. The van der Waals surface area contributed by atoms with E-state index < -0.39 is 0 Å². The van der Waals surface area contributed by atoms with Gasteiger partial charge in [0.2, 0.25) is 5.91 Å². The zero-order valence-corrected chi connectivity index (χ0v) is 12.1. The van der Waals surface area contributed by atoms with E-state index >= 15 is 0 Å². The van der Waals surface area contributed by atoms with Crippen molar-refractivity contribution in [3.8, 4) is 11.8 Å². The van der Waals surface area contributed by atoms with Crippen molar-refractivity contribution in [1.82, 2.24) is 9.78 Å². The normalized spacial score (nSPS) is 9.95. The number of ether oxygens (including phenoxy) is 1. The van der Waals surface area contributed by atoms with E-state index in [2.05, 4.69) is 10.4 Å². The number of nitrogens with zero attached hydrogens (tertiary/aromatic N) is 3. The van der Waals surface area contributed by atoms with Gasteiger partial charge in [0.1, 0.15) is 23.2 Å². The number of halogens is 1. The van der Waals surface area contributed by atoms with Crippen LogP contribution in [0.5, 0.6) is 5.75 Å². The number of carbonyl (C=O) groups is 1. The standard InChI is InChI=1S/C14H13ClN4O2/c1-19-14(10(8-16)9-17-19)18-13(20)6-7-21-12-4-2-11(15)3-5-12/h2-5,9H,6-7H2,1H3,(H,18,20). The predicted molar refractivity (Wildman–Crippen MR) is 78.1 cm³/mol. The Balaban J connectivity index is 1.84. The first kappa shape index (κ1) is 14.9. The SMILES string of the molecule is Cn1ncc(C#N)c1NC(=O)CCOc1ccc(Cl)cc1. The molecule has 1 amide bonds. The van der Waals surface area contributed by atoms with Crippen LogP contribution in [0.15, 0.2) is 30.5 Å². The number of hydrogen-bond donors (Lipinski definition) is 1. The van der Waals surface area contributed by atoms with Crippen molar-refractivity contribution in [1.29, 1.82) is 5.26 Å². The molecule has 1 N–H and O–H groups in total. The van der Waals surface area contributed by atoms with Gasteiger partial charge in [0.15, 0.2) is 0 Å². The maximum absolute atomic E-state index is 11.8. The minimum atomic E-state index is -0.246. The third kappa shape index (κ3) is 3.97. The molecule has 108 valence electrons. The molecule has 0 aliphatic heterocycles. The second kappa shape index (κ2) is 6.77. The molecule has 2 aromatic rings. The summed E-state index contributed by atoms with van der Waals surface area (Å²) in [4.78, 5) is 11.8. The average Bonchev–Trinajstić information content (AvgIpc) is 2.82. The summed E-state index contributed by atoms with van der Waals surface area (Å²) < 4.78 is 6.87. The molecule has 0 bridgehead atoms. The van der Waals surface area contributed by atoms with Gasteiger partial charge in [0, 0.05) is 12.1 Å². The van der Waals surface area contributed by atoms with Crippen molar-refractivity contribution < 1.29 is 9.53 Å². The van der Waals surface area contributed by atoms with E-state index in [1.165, 1.54) is 10.9 Å². The molecule has 1 aromatic carbocycles. The van der Waals surface area contributed by atoms with Gasteiger partial charge in [0.05, 0.1) is 19.2 Å². The monoisotopic (exact) mass is 304 g/mol. The fourth-order valence-electron chi connectivity index (χ4n) is 1.65. The quantitative estimate of drug-likeness (QED) is 0.919. The molecule has 0 unspecified atom stereocenters. The lowest BCUT2D eigenvalue weighted by Gasteiger charge is -2.08. The number of nitriles is 1. The minimum Gasteiger partial charge on any atom is -0.493 e. The largest absolute Gasteiger partial charge is 0.493 e. The lowest BCUT2D eigenvalue weighted by atomic mass is 10.3. The van der Waals surface area contributed by atoms with Crippen molar-refractivity contribution in [2.45, 2.75) is 6.42 Å². The molecule has 1 heterocycles. The molecule has 0 radical (unpaired) electrons. The van der Waals surface area contributed by atoms with E-state index in [-0.39, 0.29) is 18.9 Å². The maximum atomic E-state index is 11.8. The molecule has 1 aromatic heterocycles. The second-order valence-corrected chi connectivity index (χ2v) is 4.68. The van der Waals surface area contributed by atoms with Gasteiger partial charge in [-0.25, -0.2) is 0 Å². The third-order valence-electron chi connectivity index (χ3n) is 2.73. The summed E-state index contributed by atoms with van der Waals surface area (Å²) in [7, 11) is 1.65. The van der Waals surface area contributed by atoms with E-state index in [0.717, 1.165) is 0 Å². The van der Waals surface area contributed by atoms with E-state index in [0.29, 0.717) is 22.2 Å². The van der Waals surface area contributed by atoms with Crippen molar-refractivity contribution in [2.24, 2.45) is 7.05 Å². The lowest BCUT2D eigenvalue weighted by Crippen LogP contribution is -2.17. The Morgan fingerprint density at radius 3 is 2.86 bits per heavy atom. The van der Waals surface area contributed by atoms with E-state index in [9.17, 15) is 4.79 Å². The topological polar surface area (TPSA) is 79.9 Å². The van der Waals surface area contributed by atoms with Crippen LogP contribution in [0.3, 0.4) is 0 Å². The highest BCUT2D eigenvalue weighted by Crippen LogP contribution is 2.16. The van der Waals surface area contributed by atoms with Crippen LogP contribution in [0.1, 0.15) is 12.0 Å². The number of benzene rings is 1. The van der Waals surface area contributed by atoms with Gasteiger partial charge in [-0.2, -0.15) is 10.4 Å². The van der Waals surface area contributed by atoms with Crippen LogP contribution in [-0.2, 0) is 11.8 Å². The third-order valence-corrected chi connectivity index (χ3v) is 2.98. The Morgan fingerprint density at radius 2 is 2.19 bits per heavy atom. The van der Waals surface area contributed by atoms with Gasteiger partial charge in [0.25, 0.3) is 0 Å². The van der Waals surface area contributed by atoms with Gasteiger partial charge in [-0.05, 0) is 24.3 Å². The average molecular weight is 305 g/mol. The molecule has 0 saturated carbocycles. The van der Waals surface area contributed by atoms with Crippen molar-refractivity contribution in [2.75, 3.05) is 11.9 Å². The number of aryl methyl sites for hydroxylation is 1. The molecule has 0 aliphatic carbocycles. The highest BCUT2D eigenvalue weighted by Gasteiger charge is 2.11. The number of rotatable bonds is 5. The zero-order valence-electron chi connectivity index (χ0n) is 11.3. The summed E-state index contributed by atoms with van der Waals surface area (Å²) in [6.45, 7) is 0.229. The fraction of sp³-hybridized carbons (Fsp3) is 0.214. The van der Waals surface area contributed by atoms with Gasteiger partial charge < -0.3 is 10.1 Å². The molecule has 21 heavy (non-hydrogen) atoms. The molecule has 6 nitrogen and oxygen atoms in total. The van der Waals surface area contributed by atoms with Crippen LogP contribution in [0.25, 0.3) is 0 Å². The smallest absolute Gasteiger partial charge is 0.228 e. The van der Waals surface area contributed by atoms with Crippen LogP contribution in [0.2, 0.25) is 5.02 Å². The Morgan fingerprint density at radius 1 is 1.48 bits per heavy atom.